The molecule has 2 aromatic carbocycles. The van der Waals surface area contributed by atoms with Crippen LogP contribution in [0.4, 0.5) is 4.79 Å². The van der Waals surface area contributed by atoms with Crippen LogP contribution in [0.3, 0.4) is 0 Å². The molecule has 6 rings (SSSR count). The molecule has 2 heterocycles. The zero-order chi connectivity index (χ0) is 45.4. The number of hydrogen-bond acceptors (Lipinski definition) is 11. The van der Waals surface area contributed by atoms with Crippen LogP contribution in [0.2, 0.25) is 0 Å². The number of sulfonamides is 1. The number of methoxy groups -OCH3 is 1. The standard InChI is InChI=1S/C45H58N6O10S/c1-10-21-46-39(54)44(19-20-44)62(57,58)50-40(55)45(25-28(45)11-2)49-37(52)34-23-30(26-51(34)38(53)36(42(3,4)5)48-41(56)61-43(6,7)8)60-35-24-32(27-15-13-12-14-16-27)47-33-22-29(59-9)17-18-31(33)35/h11-18,22,24,28,30,34,36H,2,10,19-21,23,25-26H2,1,3-9H3,(H,46,54)(H,48,56)(H,49,52)(H,50,55). The normalized spacial score (nSPS) is 22.1. The van der Waals surface area contributed by atoms with Crippen molar-refractivity contribution in [3.8, 4) is 22.8 Å². The molecule has 17 heteroatoms. The fourth-order valence-electron chi connectivity index (χ4n) is 7.73. The number of hydrogen-bond donors (Lipinski definition) is 4. The number of benzene rings is 2. The maximum atomic E-state index is 14.8. The number of amides is 5. The minimum Gasteiger partial charge on any atom is -0.497 e. The molecule has 3 aromatic rings. The van der Waals surface area contributed by atoms with E-state index in [2.05, 4.69) is 27.3 Å². The maximum Gasteiger partial charge on any atom is 0.408 e. The van der Waals surface area contributed by atoms with Gasteiger partial charge in [-0.2, -0.15) is 0 Å². The van der Waals surface area contributed by atoms with Crippen LogP contribution in [-0.4, -0.2) is 102 Å². The van der Waals surface area contributed by atoms with Gasteiger partial charge in [0.1, 0.15) is 40.8 Å². The fraction of sp³-hybridized carbons (Fsp3) is 0.511. The van der Waals surface area contributed by atoms with E-state index in [1.54, 1.807) is 66.9 Å². The average molecular weight is 875 g/mol. The molecule has 16 nitrogen and oxygen atoms in total. The van der Waals surface area contributed by atoms with Crippen LogP contribution in [-0.2, 0) is 33.9 Å². The summed E-state index contributed by atoms with van der Waals surface area (Å²) in [5.74, 6) is -2.70. The van der Waals surface area contributed by atoms with Crippen molar-refractivity contribution in [3.05, 3.63) is 67.3 Å². The van der Waals surface area contributed by atoms with E-state index in [0.717, 1.165) is 5.56 Å². The van der Waals surface area contributed by atoms with Gasteiger partial charge in [-0.15, -0.1) is 6.58 Å². The lowest BCUT2D eigenvalue weighted by atomic mass is 9.85. The highest BCUT2D eigenvalue weighted by molar-refractivity contribution is 7.92. The Hall–Kier alpha value is -5.71. The molecule has 0 radical (unpaired) electrons. The van der Waals surface area contributed by atoms with Crippen LogP contribution in [0, 0.1) is 11.3 Å². The summed E-state index contributed by atoms with van der Waals surface area (Å²) in [6, 6.07) is 14.2. The molecule has 3 aliphatic rings. The lowest BCUT2D eigenvalue weighted by Gasteiger charge is -2.36. The Morgan fingerprint density at radius 2 is 1.69 bits per heavy atom. The third-order valence-electron chi connectivity index (χ3n) is 11.4. The van der Waals surface area contributed by atoms with Crippen LogP contribution in [0.1, 0.15) is 80.6 Å². The second-order valence-electron chi connectivity index (χ2n) is 18.4. The van der Waals surface area contributed by atoms with Crippen molar-refractivity contribution in [2.75, 3.05) is 20.2 Å². The van der Waals surface area contributed by atoms with Crippen LogP contribution in [0.25, 0.3) is 22.2 Å². The van der Waals surface area contributed by atoms with Crippen LogP contribution in [0.5, 0.6) is 11.5 Å². The Morgan fingerprint density at radius 3 is 2.27 bits per heavy atom. The number of aromatic nitrogens is 1. The van der Waals surface area contributed by atoms with Crippen LogP contribution in [0.15, 0.2) is 67.3 Å². The number of pyridine rings is 1. The number of carbonyl (C=O) groups is 5. The lowest BCUT2D eigenvalue weighted by Crippen LogP contribution is -2.61. The zero-order valence-corrected chi connectivity index (χ0v) is 37.4. The van der Waals surface area contributed by atoms with Gasteiger partial charge >= 0.3 is 6.09 Å². The largest absolute Gasteiger partial charge is 0.497 e. The molecule has 0 spiro atoms. The minimum atomic E-state index is -4.52. The maximum absolute atomic E-state index is 14.8. The molecule has 1 aliphatic heterocycles. The first-order chi connectivity index (χ1) is 29.1. The summed E-state index contributed by atoms with van der Waals surface area (Å²) in [6.07, 6.45) is 0.481. The first-order valence-corrected chi connectivity index (χ1v) is 22.4. The topological polar surface area (TPSA) is 211 Å². The second-order valence-corrected chi connectivity index (χ2v) is 20.4. The average Bonchev–Trinajstić information content (AvgIpc) is 4.12. The molecule has 62 heavy (non-hydrogen) atoms. The van der Waals surface area contributed by atoms with Gasteiger partial charge in [-0.3, -0.25) is 23.9 Å². The van der Waals surface area contributed by atoms with Crippen molar-refractivity contribution in [1.29, 1.82) is 0 Å². The van der Waals surface area contributed by atoms with Crippen molar-refractivity contribution < 1.29 is 46.6 Å². The van der Waals surface area contributed by atoms with E-state index in [9.17, 15) is 32.4 Å². The number of rotatable bonds is 15. The smallest absolute Gasteiger partial charge is 0.408 e. The molecule has 0 bridgehead atoms. The SMILES string of the molecule is C=CC1CC1(NC(=O)C1CC(Oc2cc(-c3ccccc3)nc3cc(OC)ccc23)CN1C(=O)C(NC(=O)OC(C)(C)C)C(C)(C)C)C(=O)NS(=O)(=O)C1(C(=O)NCCC)CC1. The molecule has 334 valence electrons. The highest BCUT2D eigenvalue weighted by Crippen LogP contribution is 2.47. The van der Waals surface area contributed by atoms with E-state index in [4.69, 9.17) is 19.2 Å². The third kappa shape index (κ3) is 9.52. The van der Waals surface area contributed by atoms with Crippen LogP contribution < -0.4 is 30.1 Å². The first-order valence-electron chi connectivity index (χ1n) is 20.9. The van der Waals surface area contributed by atoms with Gasteiger partial charge in [0.2, 0.25) is 27.7 Å². The van der Waals surface area contributed by atoms with E-state index in [1.807, 2.05) is 43.3 Å². The van der Waals surface area contributed by atoms with Gasteiger partial charge in [0.05, 0.1) is 24.9 Å². The Balaban J connectivity index is 1.33. The van der Waals surface area contributed by atoms with Gasteiger partial charge in [-0.25, -0.2) is 18.2 Å². The molecule has 5 amide bonds. The predicted octanol–water partition coefficient (Wildman–Crippen LogP) is 4.76. The molecule has 3 fully saturated rings. The second kappa shape index (κ2) is 17.2. The summed E-state index contributed by atoms with van der Waals surface area (Å²) in [7, 11) is -2.96. The number of alkyl carbamates (subject to hydrolysis) is 1. The minimum absolute atomic E-state index is 0.0266. The van der Waals surface area contributed by atoms with Gasteiger partial charge in [0.15, 0.2) is 4.75 Å². The highest BCUT2D eigenvalue weighted by Gasteiger charge is 2.66. The highest BCUT2D eigenvalue weighted by atomic mass is 32.2. The zero-order valence-electron chi connectivity index (χ0n) is 36.6. The van der Waals surface area contributed by atoms with Crippen molar-refractivity contribution in [2.24, 2.45) is 11.3 Å². The van der Waals surface area contributed by atoms with E-state index >= 15 is 0 Å². The quantitative estimate of drug-likeness (QED) is 0.153. The van der Waals surface area contributed by atoms with Gasteiger partial charge in [-0.1, -0.05) is 64.1 Å². The number of carbonyl (C=O) groups excluding carboxylic acids is 5. The molecule has 1 saturated heterocycles. The number of ether oxygens (including phenoxy) is 3. The number of fused-ring (bicyclic) bond motifs is 1. The van der Waals surface area contributed by atoms with E-state index in [0.29, 0.717) is 34.5 Å². The van der Waals surface area contributed by atoms with Gasteiger partial charge < -0.3 is 35.1 Å². The Labute approximate surface area is 362 Å². The molecular weight excluding hydrogens is 817 g/mol. The fourth-order valence-corrected chi connectivity index (χ4v) is 9.31. The van der Waals surface area contributed by atoms with Crippen molar-refractivity contribution in [2.45, 2.75) is 115 Å². The molecule has 5 unspecified atom stereocenters. The molecule has 1 aromatic heterocycles. The summed E-state index contributed by atoms with van der Waals surface area (Å²) in [5.41, 5.74) is -1.46. The van der Waals surface area contributed by atoms with E-state index < -0.39 is 85.2 Å². The molecule has 2 saturated carbocycles. The molecule has 5 atom stereocenters. The molecule has 4 N–H and O–H groups in total. The summed E-state index contributed by atoms with van der Waals surface area (Å²) >= 11 is 0. The van der Waals surface area contributed by atoms with E-state index in [-0.39, 0.29) is 38.8 Å². The summed E-state index contributed by atoms with van der Waals surface area (Å²) in [5, 5.41) is 8.77. The number of nitrogens with one attached hydrogen (secondary N) is 4. The number of nitrogens with zero attached hydrogens (tertiary/aromatic N) is 2. The van der Waals surface area contributed by atoms with E-state index in [1.165, 1.54) is 11.0 Å². The first kappa shape index (κ1) is 45.8. The molecule has 2 aliphatic carbocycles. The van der Waals surface area contributed by atoms with Gasteiger partial charge in [0, 0.05) is 42.0 Å². The predicted molar refractivity (Wildman–Crippen MR) is 232 cm³/mol. The molecular formula is C45H58N6O10S. The van der Waals surface area contributed by atoms with Crippen LogP contribution >= 0.6 is 0 Å². The van der Waals surface area contributed by atoms with Gasteiger partial charge in [-0.05, 0) is 64.0 Å². The Morgan fingerprint density at radius 1 is 1.00 bits per heavy atom. The summed E-state index contributed by atoms with van der Waals surface area (Å²) in [6.45, 7) is 16.2. The third-order valence-corrected chi connectivity index (χ3v) is 13.5. The summed E-state index contributed by atoms with van der Waals surface area (Å²) < 4.78 is 45.3. The van der Waals surface area contributed by atoms with Crippen molar-refractivity contribution in [1.82, 2.24) is 30.6 Å². The number of likely N-dealkylation sites (tertiary alicyclic amines) is 1. The Bertz CT molecular complexity index is 2360. The van der Waals surface area contributed by atoms with Gasteiger partial charge in [0.25, 0.3) is 5.91 Å². The summed E-state index contributed by atoms with van der Waals surface area (Å²) in [4.78, 5) is 75.8. The van der Waals surface area contributed by atoms with Crippen molar-refractivity contribution >= 4 is 50.6 Å². The van der Waals surface area contributed by atoms with Crippen molar-refractivity contribution in [3.63, 3.8) is 0 Å². The monoisotopic (exact) mass is 874 g/mol. The Kier molecular flexibility index (Phi) is 12.7. The lowest BCUT2D eigenvalue weighted by molar-refractivity contribution is -0.143.